The Bertz CT molecular complexity index is 2460. The molecule has 2 aromatic carbocycles. The Morgan fingerprint density at radius 2 is 1.65 bits per heavy atom. The summed E-state index contributed by atoms with van der Waals surface area (Å²) in [6.07, 6.45) is 6.37. The van der Waals surface area contributed by atoms with Crippen molar-refractivity contribution < 1.29 is 32.8 Å². The second kappa shape index (κ2) is 19.1. The Balaban J connectivity index is 0.801. The first-order valence-electron chi connectivity index (χ1n) is 23.5. The molecule has 6 aliphatic heterocycles. The van der Waals surface area contributed by atoms with Crippen LogP contribution in [-0.2, 0) is 33.8 Å². The van der Waals surface area contributed by atoms with Gasteiger partial charge in [0.15, 0.2) is 5.82 Å². The maximum atomic E-state index is 14.7. The van der Waals surface area contributed by atoms with Gasteiger partial charge >= 0.3 is 0 Å². The Morgan fingerprint density at radius 3 is 2.33 bits per heavy atom. The third-order valence-corrected chi connectivity index (χ3v) is 14.4. The summed E-state index contributed by atoms with van der Waals surface area (Å²) in [7, 11) is 1.69. The van der Waals surface area contributed by atoms with Crippen LogP contribution in [0.1, 0.15) is 113 Å². The molecule has 0 bridgehead atoms. The third kappa shape index (κ3) is 8.60. The van der Waals surface area contributed by atoms with E-state index in [2.05, 4.69) is 34.9 Å². The summed E-state index contributed by atoms with van der Waals surface area (Å²) >= 11 is 0. The minimum absolute atomic E-state index is 0.00201. The summed E-state index contributed by atoms with van der Waals surface area (Å²) in [5.74, 6) is -1.24. The number of aryl methyl sites for hydroxylation is 1. The number of halogens is 2. The normalized spacial score (nSPS) is 21.0. The van der Waals surface area contributed by atoms with Gasteiger partial charge in [-0.3, -0.25) is 43.8 Å². The number of rotatable bonds is 13. The van der Waals surface area contributed by atoms with Crippen LogP contribution in [0.2, 0.25) is 0 Å². The van der Waals surface area contributed by atoms with Crippen molar-refractivity contribution in [2.75, 3.05) is 82.3 Å². The highest BCUT2D eigenvalue weighted by Gasteiger charge is 2.46. The number of allylic oxidation sites excluding steroid dienone is 1. The van der Waals surface area contributed by atoms with Crippen LogP contribution in [0.15, 0.2) is 36.5 Å². The number of aromatic nitrogens is 2. The Labute approximate surface area is 383 Å². The van der Waals surface area contributed by atoms with E-state index in [1.165, 1.54) is 0 Å². The van der Waals surface area contributed by atoms with E-state index in [4.69, 9.17) is 10.5 Å². The van der Waals surface area contributed by atoms with Crippen LogP contribution in [0.4, 0.5) is 26.0 Å². The first kappa shape index (κ1) is 45.2. The lowest BCUT2D eigenvalue weighted by Gasteiger charge is -2.37. The van der Waals surface area contributed by atoms with E-state index >= 15 is 0 Å². The lowest BCUT2D eigenvalue weighted by atomic mass is 9.92. The molecule has 0 spiro atoms. The van der Waals surface area contributed by atoms with Crippen LogP contribution in [0, 0.1) is 5.41 Å². The predicted octanol–water partition coefficient (Wildman–Crippen LogP) is 4.66. The SMILES string of the molecule is CN/C=C(\C=N)c1cc2c(cc1C(F)F)N(c1nn(C3CCN(CCCCN4CCN(c5cccc6c5C(=O)N(C5CCC(=O)NC5=O)C6=O)CC4)CC3)c3c1CN(C(C)=O)CC3)CCC2. The van der Waals surface area contributed by atoms with Crippen LogP contribution in [0.3, 0.4) is 0 Å². The van der Waals surface area contributed by atoms with E-state index in [1.54, 1.807) is 38.4 Å². The number of unbranched alkanes of at least 4 members (excludes halogenated alkanes) is 1. The number of carbonyl (C=O) groups is 5. The van der Waals surface area contributed by atoms with Crippen LogP contribution >= 0.6 is 0 Å². The Kier molecular flexibility index (Phi) is 13.0. The van der Waals surface area contributed by atoms with Crippen molar-refractivity contribution in [3.05, 3.63) is 75.6 Å². The summed E-state index contributed by atoms with van der Waals surface area (Å²) in [5, 5.41) is 18.4. The number of amides is 5. The fourth-order valence-corrected chi connectivity index (χ4v) is 10.9. The number of anilines is 3. The number of likely N-dealkylation sites (tertiary alicyclic amines) is 1. The van der Waals surface area contributed by atoms with Crippen LogP contribution < -0.4 is 20.4 Å². The highest BCUT2D eigenvalue weighted by Crippen LogP contribution is 2.43. The number of nitrogens with one attached hydrogen (secondary N) is 3. The lowest BCUT2D eigenvalue weighted by Crippen LogP contribution is -2.54. The number of piperazine rings is 1. The monoisotopic (exact) mass is 907 g/mol. The summed E-state index contributed by atoms with van der Waals surface area (Å²) in [4.78, 5) is 76.1. The number of piperidine rings is 2. The topological polar surface area (TPSA) is 171 Å². The maximum Gasteiger partial charge on any atom is 0.264 e. The molecular formula is C48H59F2N11O5. The number of hydrogen-bond donors (Lipinski definition) is 3. The third-order valence-electron chi connectivity index (χ3n) is 14.4. The lowest BCUT2D eigenvalue weighted by molar-refractivity contribution is -0.136. The van der Waals surface area contributed by atoms with Gasteiger partial charge in [0.1, 0.15) is 6.04 Å². The molecule has 0 radical (unpaired) electrons. The number of alkyl halides is 2. The van der Waals surface area contributed by atoms with Crippen LogP contribution in [0.5, 0.6) is 0 Å². The first-order valence-corrected chi connectivity index (χ1v) is 23.5. The average Bonchev–Trinajstić information content (AvgIpc) is 3.82. The smallest absolute Gasteiger partial charge is 0.264 e. The minimum Gasteiger partial charge on any atom is -0.393 e. The van der Waals surface area contributed by atoms with Gasteiger partial charge in [0, 0.05) is 120 Å². The van der Waals surface area contributed by atoms with E-state index in [9.17, 15) is 32.8 Å². The number of nitrogens with zero attached hydrogens (tertiary/aromatic N) is 8. The molecule has 1 aromatic heterocycles. The second-order valence-corrected chi connectivity index (χ2v) is 18.3. The number of carbonyl (C=O) groups excluding carboxylic acids is 5. The summed E-state index contributed by atoms with van der Waals surface area (Å²) in [5.41, 5.74) is 5.75. The van der Waals surface area contributed by atoms with Crippen molar-refractivity contribution in [1.29, 1.82) is 5.41 Å². The fraction of sp³-hybridized carbons (Fsp3) is 0.521. The van der Waals surface area contributed by atoms with Gasteiger partial charge in [-0.2, -0.15) is 5.10 Å². The van der Waals surface area contributed by atoms with E-state index in [0.717, 1.165) is 112 Å². The fourth-order valence-electron chi connectivity index (χ4n) is 10.9. The van der Waals surface area contributed by atoms with E-state index < -0.39 is 36.1 Å². The molecule has 7 heterocycles. The quantitative estimate of drug-likeness (QED) is 0.124. The largest absolute Gasteiger partial charge is 0.393 e. The van der Waals surface area contributed by atoms with Gasteiger partial charge in [-0.05, 0) is 93.4 Å². The highest BCUT2D eigenvalue weighted by molar-refractivity contribution is 6.25. The van der Waals surface area contributed by atoms with Gasteiger partial charge in [0.05, 0.1) is 29.4 Å². The summed E-state index contributed by atoms with van der Waals surface area (Å²) in [6.45, 7) is 10.2. The molecule has 9 rings (SSSR count). The molecule has 0 saturated carbocycles. The van der Waals surface area contributed by atoms with Gasteiger partial charge in [-0.1, -0.05) is 6.07 Å². The van der Waals surface area contributed by atoms with Crippen molar-refractivity contribution in [3.63, 3.8) is 0 Å². The minimum atomic E-state index is -2.73. The zero-order valence-electron chi connectivity index (χ0n) is 37.8. The van der Waals surface area contributed by atoms with Gasteiger partial charge in [0.25, 0.3) is 18.2 Å². The van der Waals surface area contributed by atoms with E-state index in [-0.39, 0.29) is 30.4 Å². The predicted molar refractivity (Wildman–Crippen MR) is 245 cm³/mol. The molecule has 5 amide bonds. The van der Waals surface area contributed by atoms with Crippen LogP contribution in [-0.4, -0.2) is 144 Å². The molecule has 1 unspecified atom stereocenters. The zero-order valence-corrected chi connectivity index (χ0v) is 37.8. The molecule has 1 atom stereocenters. The van der Waals surface area contributed by atoms with Crippen molar-refractivity contribution in [1.82, 2.24) is 40.0 Å². The summed E-state index contributed by atoms with van der Waals surface area (Å²) in [6, 6.07) is 7.88. The number of hydrogen-bond acceptors (Lipinski definition) is 12. The van der Waals surface area contributed by atoms with Gasteiger partial charge in [-0.25, -0.2) is 8.78 Å². The zero-order chi connectivity index (χ0) is 46.2. The molecule has 0 aliphatic carbocycles. The van der Waals surface area contributed by atoms with E-state index in [0.29, 0.717) is 72.8 Å². The molecule has 3 N–H and O–H groups in total. The number of benzene rings is 2. The highest BCUT2D eigenvalue weighted by atomic mass is 19.3. The van der Waals surface area contributed by atoms with Crippen molar-refractivity contribution in [2.24, 2.45) is 0 Å². The van der Waals surface area contributed by atoms with Gasteiger partial charge in [-0.15, -0.1) is 0 Å². The first-order chi connectivity index (χ1) is 31.9. The second-order valence-electron chi connectivity index (χ2n) is 18.3. The van der Waals surface area contributed by atoms with Crippen molar-refractivity contribution in [2.45, 2.75) is 89.8 Å². The summed E-state index contributed by atoms with van der Waals surface area (Å²) < 4.78 is 31.6. The van der Waals surface area contributed by atoms with Gasteiger partial charge < -0.3 is 30.3 Å². The average molecular weight is 908 g/mol. The number of fused-ring (bicyclic) bond motifs is 3. The molecular weight excluding hydrogens is 849 g/mol. The molecule has 350 valence electrons. The van der Waals surface area contributed by atoms with Crippen molar-refractivity contribution >= 4 is 58.5 Å². The molecule has 6 aliphatic rings. The van der Waals surface area contributed by atoms with Crippen LogP contribution in [0.25, 0.3) is 5.57 Å². The standard InChI is InChI=1S/C48H59F2N11O5/c1-30(62)58-20-14-38-37(29-58)45(59-17-6-7-31-25-35(32(27-51)28-52-2)36(44(49)50)26-41(31)59)54-61(38)33-12-18-55(19-13-33)15-3-4-16-56-21-23-57(24-22-56)39-9-5-8-34-43(39)48(66)60(47(34)65)40-10-11-42(63)53-46(40)64/h5,8-9,25-28,33,40,44,51-52H,3-4,6-7,10-24,29H2,1-2H3,(H,53,63,64)/b32-28+,51-27?. The Hall–Kier alpha value is -6.01. The molecule has 3 saturated heterocycles. The molecule has 3 aromatic rings. The van der Waals surface area contributed by atoms with Crippen molar-refractivity contribution in [3.8, 4) is 0 Å². The Morgan fingerprint density at radius 1 is 0.909 bits per heavy atom. The molecule has 66 heavy (non-hydrogen) atoms. The molecule has 3 fully saturated rings. The molecule has 16 nitrogen and oxygen atoms in total. The van der Waals surface area contributed by atoms with E-state index in [1.807, 2.05) is 17.0 Å². The molecule has 18 heteroatoms. The maximum absolute atomic E-state index is 14.7. The van der Waals surface area contributed by atoms with Gasteiger partial charge in [0.2, 0.25) is 17.7 Å². The number of imide groups is 2.